The first-order chi connectivity index (χ1) is 14.4. The van der Waals surface area contributed by atoms with Crippen molar-refractivity contribution in [3.63, 3.8) is 0 Å². The van der Waals surface area contributed by atoms with Crippen LogP contribution in [0.4, 0.5) is 5.69 Å². The van der Waals surface area contributed by atoms with Crippen molar-refractivity contribution >= 4 is 27.9 Å². The van der Waals surface area contributed by atoms with Gasteiger partial charge in [0.25, 0.3) is 5.56 Å². The standard InChI is InChI=1S/C22H23N5O2S/c1-12-11-30-20(24-12)15-8-5-9-27-17(13-6-4-7-14(23)10-13)16-19(18(15)27)25(2)22(29)26(3)21(16)28/h4,6-7,10-11,15H,5,8-9,23H2,1-3H3. The first-order valence-electron chi connectivity index (χ1n) is 9.98. The largest absolute Gasteiger partial charge is 0.399 e. The Bertz CT molecular complexity index is 1420. The van der Waals surface area contributed by atoms with E-state index in [0.717, 1.165) is 47.0 Å². The molecule has 30 heavy (non-hydrogen) atoms. The molecule has 1 unspecified atom stereocenters. The molecule has 0 fully saturated rings. The Balaban J connectivity index is 1.97. The second-order valence-corrected chi connectivity index (χ2v) is 8.85. The van der Waals surface area contributed by atoms with E-state index in [1.54, 1.807) is 23.0 Å². The highest BCUT2D eigenvalue weighted by atomic mass is 32.1. The highest BCUT2D eigenvalue weighted by Gasteiger charge is 2.33. The summed E-state index contributed by atoms with van der Waals surface area (Å²) in [6, 6.07) is 7.60. The van der Waals surface area contributed by atoms with E-state index in [1.165, 1.54) is 11.6 Å². The fraction of sp³-hybridized carbons (Fsp3) is 0.318. The van der Waals surface area contributed by atoms with E-state index in [-0.39, 0.29) is 17.2 Å². The lowest BCUT2D eigenvalue weighted by atomic mass is 9.95. The number of hydrogen-bond acceptors (Lipinski definition) is 5. The minimum absolute atomic E-state index is 0.0486. The highest BCUT2D eigenvalue weighted by Crippen LogP contribution is 2.43. The number of rotatable bonds is 2. The van der Waals surface area contributed by atoms with Crippen LogP contribution in [0.3, 0.4) is 0 Å². The Labute approximate surface area is 177 Å². The van der Waals surface area contributed by atoms with E-state index in [4.69, 9.17) is 10.7 Å². The van der Waals surface area contributed by atoms with Crippen molar-refractivity contribution in [2.45, 2.75) is 32.2 Å². The summed E-state index contributed by atoms with van der Waals surface area (Å²) < 4.78 is 5.01. The van der Waals surface area contributed by atoms with E-state index < -0.39 is 0 Å². The number of anilines is 1. The summed E-state index contributed by atoms with van der Waals surface area (Å²) >= 11 is 1.64. The second-order valence-electron chi connectivity index (χ2n) is 7.96. The van der Waals surface area contributed by atoms with Gasteiger partial charge in [-0.3, -0.25) is 13.9 Å². The Morgan fingerprint density at radius 1 is 1.20 bits per heavy atom. The van der Waals surface area contributed by atoms with Crippen LogP contribution >= 0.6 is 11.3 Å². The molecular weight excluding hydrogens is 398 g/mol. The van der Waals surface area contributed by atoms with Crippen LogP contribution in [0, 0.1) is 6.92 Å². The molecule has 7 nitrogen and oxygen atoms in total. The molecule has 1 aliphatic heterocycles. The quantitative estimate of drug-likeness (QED) is 0.504. The summed E-state index contributed by atoms with van der Waals surface area (Å²) in [5, 5.41) is 3.65. The molecule has 4 aromatic rings. The molecule has 0 radical (unpaired) electrons. The fourth-order valence-electron chi connectivity index (χ4n) is 4.68. The lowest BCUT2D eigenvalue weighted by molar-refractivity contribution is 0.495. The SMILES string of the molecule is Cc1csc(C2CCCn3c(-c4cccc(N)c4)c4c(=O)n(C)c(=O)n(C)c4c32)n1. The number of nitrogens with two attached hydrogens (primary N) is 1. The molecule has 8 heteroatoms. The molecule has 1 aromatic carbocycles. The number of nitrogens with zero attached hydrogens (tertiary/aromatic N) is 4. The molecule has 0 aliphatic carbocycles. The maximum atomic E-state index is 13.3. The third kappa shape index (κ3) is 2.60. The van der Waals surface area contributed by atoms with E-state index in [2.05, 4.69) is 9.95 Å². The number of aromatic nitrogens is 4. The minimum Gasteiger partial charge on any atom is -0.399 e. The average Bonchev–Trinajstić information content (AvgIpc) is 3.32. The molecule has 4 heterocycles. The van der Waals surface area contributed by atoms with Gasteiger partial charge in [0.15, 0.2) is 0 Å². The first kappa shape index (κ1) is 18.9. The summed E-state index contributed by atoms with van der Waals surface area (Å²) in [4.78, 5) is 30.9. The Hall–Kier alpha value is -3.13. The van der Waals surface area contributed by atoms with Gasteiger partial charge < -0.3 is 10.3 Å². The monoisotopic (exact) mass is 421 g/mol. The first-order valence-corrected chi connectivity index (χ1v) is 10.9. The van der Waals surface area contributed by atoms with Crippen molar-refractivity contribution in [2.75, 3.05) is 5.73 Å². The van der Waals surface area contributed by atoms with Crippen LogP contribution in [0.1, 0.15) is 35.2 Å². The van der Waals surface area contributed by atoms with Crippen LogP contribution in [-0.4, -0.2) is 18.7 Å². The van der Waals surface area contributed by atoms with Crippen LogP contribution in [0.2, 0.25) is 0 Å². The third-order valence-corrected chi connectivity index (χ3v) is 7.08. The van der Waals surface area contributed by atoms with Crippen molar-refractivity contribution in [1.82, 2.24) is 18.7 Å². The van der Waals surface area contributed by atoms with Gasteiger partial charge in [0.1, 0.15) is 5.01 Å². The number of thiazole rings is 1. The van der Waals surface area contributed by atoms with Gasteiger partial charge in [0.2, 0.25) is 0 Å². The lowest BCUT2D eigenvalue weighted by Crippen LogP contribution is -2.37. The normalized spacial score (nSPS) is 16.2. The van der Waals surface area contributed by atoms with E-state index in [9.17, 15) is 9.59 Å². The average molecular weight is 422 g/mol. The molecule has 0 spiro atoms. The Kier molecular flexibility index (Phi) is 4.21. The molecule has 154 valence electrons. The fourth-order valence-corrected chi connectivity index (χ4v) is 5.61. The van der Waals surface area contributed by atoms with E-state index in [1.807, 2.05) is 31.2 Å². The summed E-state index contributed by atoms with van der Waals surface area (Å²) in [6.07, 6.45) is 1.91. The number of fused-ring (bicyclic) bond motifs is 3. The van der Waals surface area contributed by atoms with E-state index >= 15 is 0 Å². The van der Waals surface area contributed by atoms with Gasteiger partial charge in [-0.1, -0.05) is 12.1 Å². The number of hydrogen-bond donors (Lipinski definition) is 1. The summed E-state index contributed by atoms with van der Waals surface area (Å²) in [7, 11) is 3.28. The molecule has 0 saturated heterocycles. The zero-order valence-corrected chi connectivity index (χ0v) is 18.0. The number of aryl methyl sites for hydroxylation is 2. The predicted octanol–water partition coefficient (Wildman–Crippen LogP) is 2.98. The van der Waals surface area contributed by atoms with Gasteiger partial charge in [-0.05, 0) is 31.9 Å². The molecule has 5 rings (SSSR count). The van der Waals surface area contributed by atoms with Crippen LogP contribution in [-0.2, 0) is 20.6 Å². The number of benzene rings is 1. The van der Waals surface area contributed by atoms with Gasteiger partial charge in [-0.2, -0.15) is 0 Å². The van der Waals surface area contributed by atoms with E-state index in [0.29, 0.717) is 16.6 Å². The predicted molar refractivity (Wildman–Crippen MR) is 120 cm³/mol. The number of nitrogen functional groups attached to an aromatic ring is 1. The molecule has 0 bridgehead atoms. The van der Waals surface area contributed by atoms with Crippen molar-refractivity contribution in [3.8, 4) is 11.3 Å². The summed E-state index contributed by atoms with van der Waals surface area (Å²) in [5.41, 5.74) is 10.5. The van der Waals surface area contributed by atoms with Crippen LogP contribution in [0.15, 0.2) is 39.2 Å². The Morgan fingerprint density at radius 3 is 2.70 bits per heavy atom. The van der Waals surface area contributed by atoms with Crippen molar-refractivity contribution < 1.29 is 0 Å². The van der Waals surface area contributed by atoms with Gasteiger partial charge in [0, 0.05) is 43.0 Å². The molecule has 3 aromatic heterocycles. The molecular formula is C22H23N5O2S. The maximum absolute atomic E-state index is 13.3. The minimum atomic E-state index is -0.320. The van der Waals surface area contributed by atoms with Crippen LogP contribution < -0.4 is 17.0 Å². The summed E-state index contributed by atoms with van der Waals surface area (Å²) in [6.45, 7) is 2.77. The van der Waals surface area contributed by atoms with Crippen molar-refractivity contribution in [1.29, 1.82) is 0 Å². The van der Waals surface area contributed by atoms with Gasteiger partial charge >= 0.3 is 5.69 Å². The molecule has 1 aliphatic rings. The van der Waals surface area contributed by atoms with Gasteiger partial charge in [-0.15, -0.1) is 11.3 Å². The van der Waals surface area contributed by atoms with Gasteiger partial charge in [0.05, 0.1) is 28.2 Å². The summed E-state index contributed by atoms with van der Waals surface area (Å²) in [5.74, 6) is 0.0486. The van der Waals surface area contributed by atoms with Crippen LogP contribution in [0.5, 0.6) is 0 Å². The van der Waals surface area contributed by atoms with Crippen molar-refractivity contribution in [2.24, 2.45) is 14.1 Å². The maximum Gasteiger partial charge on any atom is 0.331 e. The molecule has 0 amide bonds. The zero-order chi connectivity index (χ0) is 21.2. The van der Waals surface area contributed by atoms with Crippen molar-refractivity contribution in [3.05, 3.63) is 66.9 Å². The zero-order valence-electron chi connectivity index (χ0n) is 17.2. The van der Waals surface area contributed by atoms with Gasteiger partial charge in [-0.25, -0.2) is 9.78 Å². The molecule has 2 N–H and O–H groups in total. The molecule has 0 saturated carbocycles. The third-order valence-electron chi connectivity index (χ3n) is 6.00. The topological polar surface area (TPSA) is 87.8 Å². The second kappa shape index (κ2) is 6.70. The lowest BCUT2D eigenvalue weighted by Gasteiger charge is -2.25. The Morgan fingerprint density at radius 2 is 2.00 bits per heavy atom. The molecule has 1 atom stereocenters. The highest BCUT2D eigenvalue weighted by molar-refractivity contribution is 7.09. The van der Waals surface area contributed by atoms with Crippen LogP contribution in [0.25, 0.3) is 22.2 Å². The smallest absolute Gasteiger partial charge is 0.331 e.